The van der Waals surface area contributed by atoms with Gasteiger partial charge in [-0.05, 0) is 75.1 Å². The summed E-state index contributed by atoms with van der Waals surface area (Å²) in [4.78, 5) is 39.5. The fourth-order valence-electron chi connectivity index (χ4n) is 6.13. The number of carbonyl (C=O) groups is 2. The average molecular weight is 710 g/mol. The number of nitrogens with zero attached hydrogens (tertiary/aromatic N) is 5. The summed E-state index contributed by atoms with van der Waals surface area (Å²) in [5.41, 5.74) is 3.23. The number of amides is 2. The van der Waals surface area contributed by atoms with E-state index in [0.717, 1.165) is 6.26 Å². The number of halogens is 3. The second-order valence-corrected chi connectivity index (χ2v) is 14.2. The minimum absolute atomic E-state index is 0.129. The Kier molecular flexibility index (Phi) is 9.26. The van der Waals surface area contributed by atoms with Crippen LogP contribution in [0.1, 0.15) is 36.6 Å². The van der Waals surface area contributed by atoms with E-state index in [4.69, 9.17) is 0 Å². The number of imidazole rings is 1. The van der Waals surface area contributed by atoms with Crippen LogP contribution in [0.4, 0.5) is 46.5 Å². The number of nitrogens with one attached hydrogen (secondary N) is 4. The van der Waals surface area contributed by atoms with Crippen LogP contribution in [0.25, 0.3) is 11.0 Å². The number of hydrogen-bond donors (Lipinski definition) is 4. The SMILES string of the molecule is Cc1cn(C2CC(C(=O)Nc3ccc(C)c(NC(=O)n4ccc5c(Nc6cccc(NS(C)(=O)=O)c6)ncnc54)c3)CC(C(F)(F)F)C2)cn1. The Bertz CT molecular complexity index is 2180. The Morgan fingerprint density at radius 3 is 2.42 bits per heavy atom. The van der Waals surface area contributed by atoms with E-state index in [-0.39, 0.29) is 24.9 Å². The molecule has 1 aliphatic rings. The molecule has 0 aliphatic heterocycles. The van der Waals surface area contributed by atoms with Crippen molar-refractivity contribution in [1.82, 2.24) is 24.1 Å². The molecule has 0 saturated heterocycles. The van der Waals surface area contributed by atoms with Gasteiger partial charge in [-0.25, -0.2) is 28.2 Å². The van der Waals surface area contributed by atoms with Crippen LogP contribution in [0, 0.1) is 25.7 Å². The first-order chi connectivity index (χ1) is 23.6. The molecule has 2 amide bonds. The predicted octanol–water partition coefficient (Wildman–Crippen LogP) is 6.60. The third-order valence-corrected chi connectivity index (χ3v) is 9.15. The maximum atomic E-state index is 13.9. The van der Waals surface area contributed by atoms with E-state index in [2.05, 4.69) is 35.6 Å². The highest BCUT2D eigenvalue weighted by Crippen LogP contribution is 2.44. The zero-order valence-corrected chi connectivity index (χ0v) is 28.0. The summed E-state index contributed by atoms with van der Waals surface area (Å²) in [6.07, 6.45) is 2.36. The first kappa shape index (κ1) is 34.4. The highest BCUT2D eigenvalue weighted by atomic mass is 32.2. The second-order valence-electron chi connectivity index (χ2n) is 12.4. The number of carbonyl (C=O) groups excluding carboxylic acids is 2. The van der Waals surface area contributed by atoms with Gasteiger partial charge in [-0.1, -0.05) is 12.1 Å². The Balaban J connectivity index is 1.17. The van der Waals surface area contributed by atoms with Crippen molar-refractivity contribution >= 4 is 61.6 Å². The van der Waals surface area contributed by atoms with E-state index in [0.29, 0.717) is 45.2 Å². The lowest BCUT2D eigenvalue weighted by molar-refractivity contribution is -0.189. The monoisotopic (exact) mass is 709 g/mol. The van der Waals surface area contributed by atoms with Gasteiger partial charge in [0.15, 0.2) is 5.65 Å². The highest BCUT2D eigenvalue weighted by Gasteiger charge is 2.46. The lowest BCUT2D eigenvalue weighted by Crippen LogP contribution is -2.38. The van der Waals surface area contributed by atoms with Gasteiger partial charge >= 0.3 is 12.2 Å². The summed E-state index contributed by atoms with van der Waals surface area (Å²) in [6.45, 7) is 3.52. The smallest absolute Gasteiger partial charge is 0.340 e. The van der Waals surface area contributed by atoms with Crippen LogP contribution in [-0.2, 0) is 14.8 Å². The third-order valence-electron chi connectivity index (χ3n) is 8.54. The summed E-state index contributed by atoms with van der Waals surface area (Å²) in [6, 6.07) is 12.0. The fraction of sp³-hybridized carbons (Fsp3) is 0.303. The van der Waals surface area contributed by atoms with E-state index in [9.17, 15) is 31.2 Å². The molecule has 3 heterocycles. The number of sulfonamides is 1. The van der Waals surface area contributed by atoms with Crippen LogP contribution in [0.2, 0.25) is 0 Å². The van der Waals surface area contributed by atoms with Gasteiger partial charge in [0.2, 0.25) is 15.9 Å². The molecule has 1 aliphatic carbocycles. The van der Waals surface area contributed by atoms with Crippen molar-refractivity contribution in [3.05, 3.63) is 84.8 Å². The van der Waals surface area contributed by atoms with E-state index in [1.54, 1.807) is 73.1 Å². The molecule has 13 nitrogen and oxygen atoms in total. The van der Waals surface area contributed by atoms with Crippen LogP contribution < -0.4 is 20.7 Å². The normalized spacial score (nSPS) is 18.1. The maximum absolute atomic E-state index is 13.9. The topological polar surface area (TPSA) is 165 Å². The van der Waals surface area contributed by atoms with Gasteiger partial charge in [-0.3, -0.25) is 14.1 Å². The number of fused-ring (bicyclic) bond motifs is 1. The molecule has 3 aromatic heterocycles. The van der Waals surface area contributed by atoms with Crippen LogP contribution in [0.3, 0.4) is 0 Å². The summed E-state index contributed by atoms with van der Waals surface area (Å²) >= 11 is 0. The summed E-state index contributed by atoms with van der Waals surface area (Å²) in [5.74, 6) is -2.69. The lowest BCUT2D eigenvalue weighted by Gasteiger charge is -2.35. The molecule has 0 spiro atoms. The largest absolute Gasteiger partial charge is 0.391 e. The van der Waals surface area contributed by atoms with Crippen LogP contribution >= 0.6 is 0 Å². The average Bonchev–Trinajstić information content (AvgIpc) is 3.68. The first-order valence-corrected chi connectivity index (χ1v) is 17.5. The van der Waals surface area contributed by atoms with Crippen molar-refractivity contribution in [3.8, 4) is 0 Å². The lowest BCUT2D eigenvalue weighted by atomic mass is 9.77. The minimum atomic E-state index is -4.44. The molecule has 2 aromatic carbocycles. The highest BCUT2D eigenvalue weighted by molar-refractivity contribution is 7.92. The summed E-state index contributed by atoms with van der Waals surface area (Å²) < 4.78 is 70.3. The molecular formula is C33H34F3N9O4S. The quantitative estimate of drug-likeness (QED) is 0.140. The molecule has 17 heteroatoms. The number of aromatic nitrogens is 5. The molecule has 3 atom stereocenters. The molecule has 1 saturated carbocycles. The van der Waals surface area contributed by atoms with Crippen molar-refractivity contribution in [2.45, 2.75) is 45.3 Å². The Hall–Kier alpha value is -5.45. The maximum Gasteiger partial charge on any atom is 0.391 e. The Labute approximate surface area is 285 Å². The van der Waals surface area contributed by atoms with Gasteiger partial charge < -0.3 is 20.5 Å². The number of rotatable bonds is 8. The van der Waals surface area contributed by atoms with Gasteiger partial charge in [-0.15, -0.1) is 0 Å². The molecule has 50 heavy (non-hydrogen) atoms. The number of hydrogen-bond acceptors (Lipinski definition) is 8. The van der Waals surface area contributed by atoms with Gasteiger partial charge in [-0.2, -0.15) is 13.2 Å². The number of benzene rings is 2. The van der Waals surface area contributed by atoms with Crippen molar-refractivity contribution in [1.29, 1.82) is 0 Å². The molecule has 4 N–H and O–H groups in total. The fourth-order valence-corrected chi connectivity index (χ4v) is 6.69. The van der Waals surface area contributed by atoms with Gasteiger partial charge in [0.25, 0.3) is 0 Å². The molecule has 0 bridgehead atoms. The zero-order valence-electron chi connectivity index (χ0n) is 27.2. The molecule has 5 aromatic rings. The van der Waals surface area contributed by atoms with Crippen molar-refractivity contribution in [3.63, 3.8) is 0 Å². The molecule has 1 fully saturated rings. The standard InChI is InChI=1S/C33H34F3N9O4S/c1-19-7-8-24(41-31(46)21-11-22(33(34,35)36)13-26(12-21)44-16-20(2)39-18-44)15-28(19)42-32(47)45-10-9-27-29(37-17-38-30(27)45)40-23-5-4-6-25(14-23)43-50(3,48)49/h4-10,14-18,21-22,26,43H,11-13H2,1-3H3,(H,41,46)(H,42,47)(H,37,38,40). The van der Waals surface area contributed by atoms with Crippen LogP contribution in [0.15, 0.2) is 73.6 Å². The third kappa shape index (κ3) is 7.88. The molecular weight excluding hydrogens is 675 g/mol. The van der Waals surface area contributed by atoms with Crippen LogP contribution in [-0.4, -0.2) is 56.9 Å². The number of aryl methyl sites for hydroxylation is 2. The predicted molar refractivity (Wildman–Crippen MR) is 183 cm³/mol. The number of anilines is 5. The molecule has 3 unspecified atom stereocenters. The van der Waals surface area contributed by atoms with Crippen molar-refractivity contribution < 1.29 is 31.2 Å². The van der Waals surface area contributed by atoms with E-state index in [1.165, 1.54) is 23.4 Å². The van der Waals surface area contributed by atoms with E-state index >= 15 is 0 Å². The second kappa shape index (κ2) is 13.5. The summed E-state index contributed by atoms with van der Waals surface area (Å²) in [5, 5.41) is 9.21. The van der Waals surface area contributed by atoms with E-state index < -0.39 is 46.0 Å². The van der Waals surface area contributed by atoms with Gasteiger partial charge in [0.1, 0.15) is 12.1 Å². The van der Waals surface area contributed by atoms with Gasteiger partial charge in [0.05, 0.1) is 35.3 Å². The first-order valence-electron chi connectivity index (χ1n) is 15.6. The zero-order chi connectivity index (χ0) is 35.8. The molecule has 262 valence electrons. The molecule has 0 radical (unpaired) electrons. The Morgan fingerprint density at radius 1 is 0.920 bits per heavy atom. The Morgan fingerprint density at radius 2 is 1.70 bits per heavy atom. The molecule has 6 rings (SSSR count). The van der Waals surface area contributed by atoms with Crippen molar-refractivity contribution in [2.24, 2.45) is 11.8 Å². The van der Waals surface area contributed by atoms with Crippen LogP contribution in [0.5, 0.6) is 0 Å². The van der Waals surface area contributed by atoms with Gasteiger partial charge in [0, 0.05) is 41.4 Å². The minimum Gasteiger partial charge on any atom is -0.340 e. The number of alkyl halides is 3. The summed E-state index contributed by atoms with van der Waals surface area (Å²) in [7, 11) is -3.48. The van der Waals surface area contributed by atoms with E-state index in [1.807, 2.05) is 0 Å². The van der Waals surface area contributed by atoms with Crippen molar-refractivity contribution in [2.75, 3.05) is 26.9 Å².